The number of rotatable bonds is 2. The van der Waals surface area contributed by atoms with Gasteiger partial charge >= 0.3 is 0 Å². The van der Waals surface area contributed by atoms with Crippen molar-refractivity contribution >= 4 is 22.5 Å². The topological polar surface area (TPSA) is 85.0 Å². The lowest BCUT2D eigenvalue weighted by atomic mass is 10.2. The Kier molecular flexibility index (Phi) is 3.00. The van der Waals surface area contributed by atoms with Gasteiger partial charge in [0.15, 0.2) is 5.82 Å². The van der Waals surface area contributed by atoms with E-state index in [1.165, 1.54) is 5.69 Å². The zero-order chi connectivity index (χ0) is 15.1. The van der Waals surface area contributed by atoms with Crippen molar-refractivity contribution in [3.63, 3.8) is 0 Å². The van der Waals surface area contributed by atoms with Crippen LogP contribution in [0.25, 0.3) is 22.6 Å². The molecule has 1 aromatic carbocycles. The van der Waals surface area contributed by atoms with Crippen molar-refractivity contribution in [1.29, 1.82) is 0 Å². The molecule has 1 fully saturated rings. The molecule has 22 heavy (non-hydrogen) atoms. The van der Waals surface area contributed by atoms with Crippen molar-refractivity contribution in [3.05, 3.63) is 24.3 Å². The number of hydrogen-bond acceptors (Lipinski definition) is 5. The summed E-state index contributed by atoms with van der Waals surface area (Å²) in [6, 6.07) is 8.12. The highest BCUT2D eigenvalue weighted by atomic mass is 16.5. The fourth-order valence-corrected chi connectivity index (χ4v) is 2.84. The lowest BCUT2D eigenvalue weighted by molar-refractivity contribution is 0.122. The van der Waals surface area contributed by atoms with Crippen LogP contribution in [0.3, 0.4) is 0 Å². The molecule has 0 radical (unpaired) electrons. The Bertz CT molecular complexity index is 815. The van der Waals surface area contributed by atoms with Gasteiger partial charge in [0, 0.05) is 31.9 Å². The van der Waals surface area contributed by atoms with E-state index in [4.69, 9.17) is 10.5 Å². The van der Waals surface area contributed by atoms with Gasteiger partial charge in [-0.3, -0.25) is 4.68 Å². The lowest BCUT2D eigenvalue weighted by Gasteiger charge is -2.28. The number of imidazole rings is 1. The Labute approximate surface area is 127 Å². The molecule has 1 saturated heterocycles. The summed E-state index contributed by atoms with van der Waals surface area (Å²) in [4.78, 5) is 10.3. The van der Waals surface area contributed by atoms with Crippen LogP contribution in [0.5, 0.6) is 0 Å². The number of benzene rings is 1. The lowest BCUT2D eigenvalue weighted by Crippen LogP contribution is -2.36. The maximum absolute atomic E-state index is 5.74. The first-order valence-electron chi connectivity index (χ1n) is 7.33. The van der Waals surface area contributed by atoms with Crippen LogP contribution in [-0.2, 0) is 11.8 Å². The second kappa shape index (κ2) is 5.03. The molecule has 114 valence electrons. The van der Waals surface area contributed by atoms with E-state index >= 15 is 0 Å². The molecule has 1 aliphatic rings. The Hall–Kier alpha value is -2.54. The predicted molar refractivity (Wildman–Crippen MR) is 85.7 cm³/mol. The summed E-state index contributed by atoms with van der Waals surface area (Å²) in [6.07, 6.45) is 0. The summed E-state index contributed by atoms with van der Waals surface area (Å²) >= 11 is 0. The van der Waals surface area contributed by atoms with Gasteiger partial charge in [0.05, 0.1) is 24.2 Å². The average Bonchev–Trinajstić information content (AvgIpc) is 3.09. The highest BCUT2D eigenvalue weighted by Gasteiger charge is 2.14. The van der Waals surface area contributed by atoms with E-state index in [9.17, 15) is 0 Å². The second-order valence-electron chi connectivity index (χ2n) is 5.46. The van der Waals surface area contributed by atoms with Gasteiger partial charge in [0.2, 0.25) is 0 Å². The minimum Gasteiger partial charge on any atom is -0.382 e. The minimum atomic E-state index is 0.493. The number of ether oxygens (including phenoxy) is 1. The SMILES string of the molecule is Cn1nc(N)cc1-c1nc2cc(N3CCOCC3)ccc2[nH]1. The zero-order valence-electron chi connectivity index (χ0n) is 12.4. The number of morpholine rings is 1. The number of fused-ring (bicyclic) bond motifs is 1. The summed E-state index contributed by atoms with van der Waals surface area (Å²) in [5.74, 6) is 1.27. The molecule has 0 atom stereocenters. The normalized spacial score (nSPS) is 15.6. The minimum absolute atomic E-state index is 0.493. The van der Waals surface area contributed by atoms with Crippen molar-refractivity contribution in [2.75, 3.05) is 36.9 Å². The van der Waals surface area contributed by atoms with E-state index in [1.807, 2.05) is 13.1 Å². The summed E-state index contributed by atoms with van der Waals surface area (Å²) in [7, 11) is 1.86. The molecule has 3 aromatic rings. The second-order valence-corrected chi connectivity index (χ2v) is 5.46. The molecule has 7 nitrogen and oxygen atoms in total. The number of nitrogens with two attached hydrogens (primary N) is 1. The van der Waals surface area contributed by atoms with Gasteiger partial charge in [-0.05, 0) is 18.2 Å². The molecule has 0 bridgehead atoms. The van der Waals surface area contributed by atoms with Crippen molar-refractivity contribution in [2.45, 2.75) is 0 Å². The molecule has 0 unspecified atom stereocenters. The summed E-state index contributed by atoms with van der Waals surface area (Å²) in [5.41, 5.74) is 9.75. The number of nitrogens with zero attached hydrogens (tertiary/aromatic N) is 4. The van der Waals surface area contributed by atoms with Gasteiger partial charge in [-0.25, -0.2) is 4.98 Å². The standard InChI is InChI=1S/C15H18N6O/c1-20-13(9-14(16)19-20)15-17-11-3-2-10(8-12(11)18-15)21-4-6-22-7-5-21/h2-3,8-9H,4-7H2,1H3,(H2,16,19)(H,17,18). The Balaban J connectivity index is 1.73. The summed E-state index contributed by atoms with van der Waals surface area (Å²) < 4.78 is 7.13. The van der Waals surface area contributed by atoms with Gasteiger partial charge in [-0.1, -0.05) is 0 Å². The number of hydrogen-bond donors (Lipinski definition) is 2. The summed E-state index contributed by atoms with van der Waals surface area (Å²) in [6.45, 7) is 3.39. The molecule has 0 aliphatic carbocycles. The third-order valence-electron chi connectivity index (χ3n) is 3.98. The third-order valence-corrected chi connectivity index (χ3v) is 3.98. The number of anilines is 2. The average molecular weight is 298 g/mol. The predicted octanol–water partition coefficient (Wildman–Crippen LogP) is 1.38. The van der Waals surface area contributed by atoms with Crippen LogP contribution in [0.2, 0.25) is 0 Å². The maximum atomic E-state index is 5.74. The first-order chi connectivity index (χ1) is 10.7. The van der Waals surface area contributed by atoms with Crippen LogP contribution >= 0.6 is 0 Å². The molecular weight excluding hydrogens is 280 g/mol. The number of H-pyrrole nitrogens is 1. The largest absolute Gasteiger partial charge is 0.382 e. The first kappa shape index (κ1) is 13.1. The molecule has 1 aliphatic heterocycles. The Morgan fingerprint density at radius 1 is 1.23 bits per heavy atom. The van der Waals surface area contributed by atoms with Crippen molar-refractivity contribution < 1.29 is 4.74 Å². The van der Waals surface area contributed by atoms with Crippen LogP contribution in [0.15, 0.2) is 24.3 Å². The van der Waals surface area contributed by atoms with Gasteiger partial charge in [-0.2, -0.15) is 5.10 Å². The fourth-order valence-electron chi connectivity index (χ4n) is 2.84. The summed E-state index contributed by atoms with van der Waals surface area (Å²) in [5, 5.41) is 4.16. The quantitative estimate of drug-likeness (QED) is 0.746. The Morgan fingerprint density at radius 3 is 2.77 bits per heavy atom. The fraction of sp³-hybridized carbons (Fsp3) is 0.333. The van der Waals surface area contributed by atoms with E-state index in [1.54, 1.807) is 4.68 Å². The highest BCUT2D eigenvalue weighted by Crippen LogP contribution is 2.25. The zero-order valence-corrected chi connectivity index (χ0v) is 12.4. The number of aromatic amines is 1. The molecular formula is C15H18N6O. The molecule has 4 rings (SSSR count). The van der Waals surface area contributed by atoms with Crippen LogP contribution in [0, 0.1) is 0 Å². The third kappa shape index (κ3) is 2.19. The van der Waals surface area contributed by atoms with E-state index < -0.39 is 0 Å². The van der Waals surface area contributed by atoms with Crippen LogP contribution in [0.4, 0.5) is 11.5 Å². The van der Waals surface area contributed by atoms with Crippen molar-refractivity contribution in [3.8, 4) is 11.5 Å². The van der Waals surface area contributed by atoms with Gasteiger partial charge < -0.3 is 20.4 Å². The molecule has 2 aromatic heterocycles. The molecule has 3 N–H and O–H groups in total. The highest BCUT2D eigenvalue weighted by molar-refractivity contribution is 5.82. The van der Waals surface area contributed by atoms with Crippen molar-refractivity contribution in [1.82, 2.24) is 19.7 Å². The van der Waals surface area contributed by atoms with Crippen LogP contribution in [0.1, 0.15) is 0 Å². The van der Waals surface area contributed by atoms with Crippen LogP contribution < -0.4 is 10.6 Å². The number of nitrogen functional groups attached to an aromatic ring is 1. The number of nitrogens with one attached hydrogen (secondary N) is 1. The monoisotopic (exact) mass is 298 g/mol. The number of aryl methyl sites for hydroxylation is 1. The van der Waals surface area contributed by atoms with Crippen LogP contribution in [-0.4, -0.2) is 46.1 Å². The van der Waals surface area contributed by atoms with E-state index in [-0.39, 0.29) is 0 Å². The molecule has 0 spiro atoms. The number of aromatic nitrogens is 4. The van der Waals surface area contributed by atoms with Gasteiger partial charge in [0.25, 0.3) is 0 Å². The molecule has 0 saturated carbocycles. The maximum Gasteiger partial charge on any atom is 0.156 e. The Morgan fingerprint density at radius 2 is 2.05 bits per heavy atom. The van der Waals surface area contributed by atoms with Gasteiger partial charge in [0.1, 0.15) is 11.5 Å². The molecule has 3 heterocycles. The van der Waals surface area contributed by atoms with Crippen molar-refractivity contribution in [2.24, 2.45) is 7.05 Å². The van der Waals surface area contributed by atoms with Gasteiger partial charge in [-0.15, -0.1) is 0 Å². The van der Waals surface area contributed by atoms with E-state index in [2.05, 4.69) is 38.2 Å². The molecule has 0 amide bonds. The smallest absolute Gasteiger partial charge is 0.156 e. The first-order valence-corrected chi connectivity index (χ1v) is 7.33. The molecule has 7 heteroatoms. The van der Waals surface area contributed by atoms with E-state index in [0.29, 0.717) is 5.82 Å². The van der Waals surface area contributed by atoms with E-state index in [0.717, 1.165) is 48.9 Å².